The number of anilines is 1. The van der Waals surface area contributed by atoms with Crippen molar-refractivity contribution in [1.29, 1.82) is 0 Å². The molecule has 2 rings (SSSR count). The summed E-state index contributed by atoms with van der Waals surface area (Å²) < 4.78 is 1.67. The molecule has 2 aromatic rings. The van der Waals surface area contributed by atoms with Gasteiger partial charge in [0, 0.05) is 18.3 Å². The molecule has 5 nitrogen and oxygen atoms in total. The van der Waals surface area contributed by atoms with Gasteiger partial charge >= 0.3 is 0 Å². The number of nitrogen functional groups attached to an aromatic ring is 1. The minimum absolute atomic E-state index is 0.637. The van der Waals surface area contributed by atoms with E-state index in [1.54, 1.807) is 29.0 Å². The van der Waals surface area contributed by atoms with Crippen LogP contribution in [0.15, 0.2) is 24.5 Å². The molecule has 0 fully saturated rings. The van der Waals surface area contributed by atoms with Gasteiger partial charge in [-0.2, -0.15) is 5.10 Å². The van der Waals surface area contributed by atoms with Gasteiger partial charge in [0.15, 0.2) is 5.65 Å². The maximum atomic E-state index is 5.17. The van der Waals surface area contributed by atoms with E-state index in [4.69, 9.17) is 5.84 Å². The molecule has 0 bridgehead atoms. The summed E-state index contributed by atoms with van der Waals surface area (Å²) in [4.78, 5) is 4.12. The summed E-state index contributed by atoms with van der Waals surface area (Å²) in [5.41, 5.74) is 3.23. The number of nitrogens with zero attached hydrogens (tertiary/aromatic N) is 3. The molecular formula is C6H7N5. The predicted octanol–water partition coefficient (Wildman–Crippen LogP) is 0.0149. The van der Waals surface area contributed by atoms with Crippen LogP contribution in [0.4, 0.5) is 5.82 Å². The molecule has 2 heterocycles. The molecule has 0 radical (unpaired) electrons. The number of fused-ring (bicyclic) bond motifs is 1. The molecule has 0 aliphatic carbocycles. The minimum atomic E-state index is 0.637. The summed E-state index contributed by atoms with van der Waals surface area (Å²) in [7, 11) is 0. The van der Waals surface area contributed by atoms with E-state index in [9.17, 15) is 0 Å². The Hall–Kier alpha value is -1.62. The van der Waals surface area contributed by atoms with E-state index in [1.807, 2.05) is 0 Å². The van der Waals surface area contributed by atoms with Gasteiger partial charge < -0.3 is 5.43 Å². The van der Waals surface area contributed by atoms with Gasteiger partial charge in [0.25, 0.3) is 0 Å². The maximum Gasteiger partial charge on any atom is 0.157 e. The lowest BCUT2D eigenvalue weighted by Gasteiger charge is -1.97. The Bertz CT molecular complexity index is 366. The molecule has 2 aromatic heterocycles. The standard InChI is InChI=1S/C6H7N5/c7-10-5-2-4-11-6(9-5)1-3-8-11/h1-4H,7H2,(H,9,10). The SMILES string of the molecule is NNc1ccn2nccc2n1. The number of nitrogens with two attached hydrogens (primary N) is 1. The van der Waals surface area contributed by atoms with Gasteiger partial charge in [-0.15, -0.1) is 0 Å². The minimum Gasteiger partial charge on any atom is -0.308 e. The number of nitrogens with one attached hydrogen (secondary N) is 1. The van der Waals surface area contributed by atoms with Crippen molar-refractivity contribution >= 4 is 11.5 Å². The average molecular weight is 149 g/mol. The second-order valence-corrected chi connectivity index (χ2v) is 2.09. The number of hydrogen-bond acceptors (Lipinski definition) is 4. The van der Waals surface area contributed by atoms with Gasteiger partial charge in [-0.05, 0) is 0 Å². The zero-order valence-electron chi connectivity index (χ0n) is 5.73. The highest BCUT2D eigenvalue weighted by molar-refractivity contribution is 5.44. The first kappa shape index (κ1) is 6.11. The van der Waals surface area contributed by atoms with Crippen LogP contribution in [0.2, 0.25) is 0 Å². The van der Waals surface area contributed by atoms with Crippen LogP contribution >= 0.6 is 0 Å². The summed E-state index contributed by atoms with van der Waals surface area (Å²) in [5.74, 6) is 5.80. The fourth-order valence-corrected chi connectivity index (χ4v) is 0.893. The largest absolute Gasteiger partial charge is 0.308 e. The van der Waals surface area contributed by atoms with E-state index in [0.29, 0.717) is 5.82 Å². The van der Waals surface area contributed by atoms with Gasteiger partial charge in [0.1, 0.15) is 5.82 Å². The third-order valence-corrected chi connectivity index (χ3v) is 1.41. The molecule has 0 amide bonds. The molecule has 0 unspecified atom stereocenters. The molecule has 3 N–H and O–H groups in total. The number of hydrogen-bond donors (Lipinski definition) is 2. The molecule has 0 aliphatic heterocycles. The summed E-state index contributed by atoms with van der Waals surface area (Å²) in [6, 6.07) is 3.56. The van der Waals surface area contributed by atoms with E-state index in [1.165, 1.54) is 0 Å². The summed E-state index contributed by atoms with van der Waals surface area (Å²) >= 11 is 0. The Morgan fingerprint density at radius 3 is 3.18 bits per heavy atom. The zero-order chi connectivity index (χ0) is 7.68. The van der Waals surface area contributed by atoms with Gasteiger partial charge in [-0.1, -0.05) is 0 Å². The normalized spacial score (nSPS) is 10.3. The van der Waals surface area contributed by atoms with Crippen molar-refractivity contribution in [2.24, 2.45) is 5.84 Å². The molecule has 5 heteroatoms. The van der Waals surface area contributed by atoms with Crippen LogP contribution in [-0.4, -0.2) is 14.6 Å². The first-order chi connectivity index (χ1) is 5.40. The first-order valence-electron chi connectivity index (χ1n) is 3.17. The third kappa shape index (κ3) is 0.908. The Morgan fingerprint density at radius 1 is 1.45 bits per heavy atom. The van der Waals surface area contributed by atoms with Gasteiger partial charge in [-0.25, -0.2) is 15.3 Å². The van der Waals surface area contributed by atoms with E-state index in [-0.39, 0.29) is 0 Å². The molecular weight excluding hydrogens is 142 g/mol. The second kappa shape index (κ2) is 2.21. The van der Waals surface area contributed by atoms with Crippen LogP contribution in [0, 0.1) is 0 Å². The maximum absolute atomic E-state index is 5.17. The summed E-state index contributed by atoms with van der Waals surface area (Å²) in [5, 5.41) is 3.98. The van der Waals surface area contributed by atoms with E-state index < -0.39 is 0 Å². The van der Waals surface area contributed by atoms with Gasteiger partial charge in [-0.3, -0.25) is 0 Å². The molecule has 0 atom stereocenters. The quantitative estimate of drug-likeness (QED) is 0.443. The highest BCUT2D eigenvalue weighted by Gasteiger charge is 1.94. The molecule has 0 aromatic carbocycles. The lowest BCUT2D eigenvalue weighted by atomic mass is 10.5. The van der Waals surface area contributed by atoms with Gasteiger partial charge in [0.2, 0.25) is 0 Å². The van der Waals surface area contributed by atoms with Crippen LogP contribution in [0.5, 0.6) is 0 Å². The van der Waals surface area contributed by atoms with Crippen LogP contribution < -0.4 is 11.3 Å². The third-order valence-electron chi connectivity index (χ3n) is 1.41. The molecule has 0 spiro atoms. The van der Waals surface area contributed by atoms with Crippen molar-refractivity contribution in [2.45, 2.75) is 0 Å². The second-order valence-electron chi connectivity index (χ2n) is 2.09. The highest BCUT2D eigenvalue weighted by Crippen LogP contribution is 2.02. The van der Waals surface area contributed by atoms with E-state index in [2.05, 4.69) is 15.5 Å². The van der Waals surface area contributed by atoms with Crippen molar-refractivity contribution in [3.05, 3.63) is 24.5 Å². The van der Waals surface area contributed by atoms with Crippen LogP contribution in [-0.2, 0) is 0 Å². The fraction of sp³-hybridized carbons (Fsp3) is 0. The zero-order valence-corrected chi connectivity index (χ0v) is 5.73. The highest BCUT2D eigenvalue weighted by atomic mass is 15.3. The van der Waals surface area contributed by atoms with E-state index >= 15 is 0 Å². The fourth-order valence-electron chi connectivity index (χ4n) is 0.893. The molecule has 11 heavy (non-hydrogen) atoms. The van der Waals surface area contributed by atoms with Crippen molar-refractivity contribution in [2.75, 3.05) is 5.43 Å². The Balaban J connectivity index is 2.67. The van der Waals surface area contributed by atoms with E-state index in [0.717, 1.165) is 5.65 Å². The average Bonchev–Trinajstić information content (AvgIpc) is 2.50. The monoisotopic (exact) mass is 149 g/mol. The van der Waals surface area contributed by atoms with Crippen LogP contribution in [0.1, 0.15) is 0 Å². The first-order valence-corrected chi connectivity index (χ1v) is 3.17. The topological polar surface area (TPSA) is 68.2 Å². The lowest BCUT2D eigenvalue weighted by Crippen LogP contribution is -2.08. The molecule has 0 aliphatic rings. The van der Waals surface area contributed by atoms with Crippen molar-refractivity contribution in [3.63, 3.8) is 0 Å². The van der Waals surface area contributed by atoms with Crippen LogP contribution in [0.3, 0.4) is 0 Å². The Kier molecular flexibility index (Phi) is 1.23. The van der Waals surface area contributed by atoms with Crippen molar-refractivity contribution in [1.82, 2.24) is 14.6 Å². The molecule has 0 saturated carbocycles. The summed E-state index contributed by atoms with van der Waals surface area (Å²) in [6.45, 7) is 0. The number of aromatic nitrogens is 3. The molecule has 56 valence electrons. The van der Waals surface area contributed by atoms with Crippen LogP contribution in [0.25, 0.3) is 5.65 Å². The lowest BCUT2D eigenvalue weighted by molar-refractivity contribution is 0.939. The van der Waals surface area contributed by atoms with Gasteiger partial charge in [0.05, 0.1) is 6.20 Å². The molecule has 0 saturated heterocycles. The van der Waals surface area contributed by atoms with Crippen molar-refractivity contribution in [3.8, 4) is 0 Å². The number of rotatable bonds is 1. The Morgan fingerprint density at radius 2 is 2.36 bits per heavy atom. The Labute approximate surface area is 62.8 Å². The predicted molar refractivity (Wildman–Crippen MR) is 40.8 cm³/mol. The summed E-state index contributed by atoms with van der Waals surface area (Å²) in [6.07, 6.45) is 3.47. The number of hydrazine groups is 1. The van der Waals surface area contributed by atoms with Crippen molar-refractivity contribution < 1.29 is 0 Å². The smallest absolute Gasteiger partial charge is 0.157 e.